The van der Waals surface area contributed by atoms with Gasteiger partial charge in [-0.15, -0.1) is 0 Å². The molecule has 12 heteroatoms. The fourth-order valence-corrected chi connectivity index (χ4v) is 3.96. The van der Waals surface area contributed by atoms with Crippen molar-refractivity contribution in [2.45, 2.75) is 13.3 Å². The Morgan fingerprint density at radius 3 is 1.46 bits per heavy atom. The van der Waals surface area contributed by atoms with Crippen molar-refractivity contribution in [3.8, 4) is 0 Å². The third-order valence-electron chi connectivity index (χ3n) is 6.04. The van der Waals surface area contributed by atoms with Gasteiger partial charge in [0.15, 0.2) is 0 Å². The smallest absolute Gasteiger partial charge is 0.222 e. The van der Waals surface area contributed by atoms with Crippen LogP contribution in [0.25, 0.3) is 0 Å². The quantitative estimate of drug-likeness (QED) is 0.0848. The van der Waals surface area contributed by atoms with Gasteiger partial charge in [0.25, 0.3) is 0 Å². The largest absolute Gasteiger partial charge is 0.340 e. The number of likely N-dealkylation sites (N-methyl/N-ethyl adjacent to an activating group) is 2. The van der Waals surface area contributed by atoms with Crippen molar-refractivity contribution in [2.75, 3.05) is 132 Å². The Labute approximate surface area is 219 Å². The predicted octanol–water partition coefficient (Wildman–Crippen LogP) is -2.10. The molecule has 0 aromatic carbocycles. The van der Waals surface area contributed by atoms with Gasteiger partial charge in [-0.2, -0.15) is 0 Å². The van der Waals surface area contributed by atoms with Gasteiger partial charge in [-0.3, -0.25) is 19.5 Å². The zero-order valence-corrected chi connectivity index (χ0v) is 23.4. The standard InChI is InChI=1S/C23H55ClN10O/c1-4-23(35)33(12-7-27)20-17-31(11-6-26)15-16-32(14-9-29-3)19-22-34(24)21-18-30(10-5-25)13-8-28-2/h28-29H,4-22,25-27H2,1-3H3. The van der Waals surface area contributed by atoms with Crippen LogP contribution in [-0.4, -0.2) is 162 Å². The molecule has 0 fully saturated rings. The van der Waals surface area contributed by atoms with Gasteiger partial charge in [-0.05, 0) is 25.9 Å². The number of halogens is 1. The molecule has 11 nitrogen and oxygen atoms in total. The molecule has 0 aromatic rings. The molecule has 1 amide bonds. The molecule has 0 aromatic heterocycles. The van der Waals surface area contributed by atoms with E-state index in [4.69, 9.17) is 29.0 Å². The minimum Gasteiger partial charge on any atom is -0.340 e. The summed E-state index contributed by atoms with van der Waals surface area (Å²) in [5, 5.41) is 6.43. The minimum absolute atomic E-state index is 0.150. The van der Waals surface area contributed by atoms with Crippen molar-refractivity contribution in [3.63, 3.8) is 0 Å². The molecular formula is C23H55ClN10O. The van der Waals surface area contributed by atoms with Crippen LogP contribution in [0.2, 0.25) is 0 Å². The second-order valence-corrected chi connectivity index (χ2v) is 9.22. The van der Waals surface area contributed by atoms with E-state index < -0.39 is 0 Å². The van der Waals surface area contributed by atoms with E-state index in [1.807, 2.05) is 30.3 Å². The van der Waals surface area contributed by atoms with E-state index in [1.54, 1.807) is 0 Å². The third kappa shape index (κ3) is 18.3. The Bertz CT molecular complexity index is 491. The molecule has 0 unspecified atom stereocenters. The van der Waals surface area contributed by atoms with Gasteiger partial charge in [0.05, 0.1) is 0 Å². The Morgan fingerprint density at radius 2 is 1.03 bits per heavy atom. The maximum absolute atomic E-state index is 12.2. The SMILES string of the molecule is CCC(=O)N(CCN)CCN(CCN)CCN(CCNC)CCN(Cl)CCN(CCN)CCNC. The lowest BCUT2D eigenvalue weighted by Crippen LogP contribution is -2.46. The number of hydrogen-bond acceptors (Lipinski definition) is 10. The lowest BCUT2D eigenvalue weighted by molar-refractivity contribution is -0.131. The molecule has 0 bridgehead atoms. The maximum atomic E-state index is 12.2. The molecule has 0 aliphatic rings. The summed E-state index contributed by atoms with van der Waals surface area (Å²) in [6, 6.07) is 0. The summed E-state index contributed by atoms with van der Waals surface area (Å²) in [7, 11) is 3.94. The van der Waals surface area contributed by atoms with Gasteiger partial charge >= 0.3 is 0 Å². The molecule has 0 saturated heterocycles. The number of nitrogens with zero attached hydrogens (tertiary/aromatic N) is 5. The Hall–Kier alpha value is -0.600. The van der Waals surface area contributed by atoms with Gasteiger partial charge in [-0.1, -0.05) is 6.92 Å². The lowest BCUT2D eigenvalue weighted by Gasteiger charge is -2.30. The highest BCUT2D eigenvalue weighted by molar-refractivity contribution is 6.13. The summed E-state index contributed by atoms with van der Waals surface area (Å²) in [5.41, 5.74) is 17.3. The number of amides is 1. The van der Waals surface area contributed by atoms with E-state index in [2.05, 4.69) is 25.3 Å². The summed E-state index contributed by atoms with van der Waals surface area (Å²) < 4.78 is 1.88. The van der Waals surface area contributed by atoms with Crippen LogP contribution in [0.4, 0.5) is 0 Å². The van der Waals surface area contributed by atoms with Gasteiger partial charge in [0, 0.05) is 124 Å². The van der Waals surface area contributed by atoms with Gasteiger partial charge in [0.1, 0.15) is 0 Å². The molecule has 0 spiro atoms. The number of nitrogens with one attached hydrogen (secondary N) is 2. The van der Waals surface area contributed by atoms with Crippen LogP contribution < -0.4 is 27.8 Å². The summed E-state index contributed by atoms with van der Waals surface area (Å²) in [5.74, 6) is 0.150. The first-order chi connectivity index (χ1) is 16.9. The highest BCUT2D eigenvalue weighted by Crippen LogP contribution is 2.00. The fourth-order valence-electron chi connectivity index (χ4n) is 3.81. The second kappa shape index (κ2) is 23.8. The molecule has 0 aliphatic carbocycles. The highest BCUT2D eigenvalue weighted by Gasteiger charge is 2.15. The number of carbonyl (C=O) groups is 1. The van der Waals surface area contributed by atoms with Crippen molar-refractivity contribution in [3.05, 3.63) is 0 Å². The van der Waals surface area contributed by atoms with Gasteiger partial charge in [-0.25, -0.2) is 4.42 Å². The van der Waals surface area contributed by atoms with Crippen molar-refractivity contribution in [1.82, 2.24) is 34.7 Å². The van der Waals surface area contributed by atoms with Crippen LogP contribution in [0.1, 0.15) is 13.3 Å². The fraction of sp³-hybridized carbons (Fsp3) is 0.957. The minimum atomic E-state index is 0.150. The van der Waals surface area contributed by atoms with Crippen LogP contribution in [0.15, 0.2) is 0 Å². The molecule has 0 atom stereocenters. The van der Waals surface area contributed by atoms with E-state index in [1.165, 1.54) is 0 Å². The van der Waals surface area contributed by atoms with E-state index >= 15 is 0 Å². The van der Waals surface area contributed by atoms with Crippen LogP contribution in [0.5, 0.6) is 0 Å². The summed E-state index contributed by atoms with van der Waals surface area (Å²) in [6.45, 7) is 16.4. The van der Waals surface area contributed by atoms with Crippen LogP contribution in [-0.2, 0) is 4.79 Å². The van der Waals surface area contributed by atoms with E-state index in [9.17, 15) is 4.79 Å². The molecule has 8 N–H and O–H groups in total. The zero-order valence-electron chi connectivity index (χ0n) is 22.7. The first-order valence-electron chi connectivity index (χ1n) is 13.2. The van der Waals surface area contributed by atoms with Crippen molar-refractivity contribution in [2.24, 2.45) is 17.2 Å². The van der Waals surface area contributed by atoms with E-state index in [0.29, 0.717) is 39.1 Å². The van der Waals surface area contributed by atoms with Crippen LogP contribution in [0, 0.1) is 0 Å². The number of carbonyl (C=O) groups excluding carboxylic acids is 1. The van der Waals surface area contributed by atoms with Gasteiger partial charge in [0.2, 0.25) is 5.91 Å². The molecular weight excluding hydrogens is 468 g/mol. The lowest BCUT2D eigenvalue weighted by atomic mass is 10.3. The molecule has 0 aliphatic heterocycles. The monoisotopic (exact) mass is 522 g/mol. The van der Waals surface area contributed by atoms with E-state index in [-0.39, 0.29) is 5.91 Å². The normalized spacial score (nSPS) is 12.0. The van der Waals surface area contributed by atoms with Crippen molar-refractivity contribution >= 4 is 17.7 Å². The van der Waals surface area contributed by atoms with Crippen LogP contribution in [0.3, 0.4) is 0 Å². The molecule has 0 saturated carbocycles. The topological polar surface area (TPSA) is 135 Å². The van der Waals surface area contributed by atoms with Crippen molar-refractivity contribution < 1.29 is 4.79 Å². The Balaban J connectivity index is 4.67. The van der Waals surface area contributed by atoms with Crippen LogP contribution >= 0.6 is 11.8 Å². The highest BCUT2D eigenvalue weighted by atomic mass is 35.5. The average Bonchev–Trinajstić information content (AvgIpc) is 2.86. The predicted molar refractivity (Wildman–Crippen MR) is 149 cm³/mol. The molecule has 35 heavy (non-hydrogen) atoms. The Kier molecular flexibility index (Phi) is 23.4. The average molecular weight is 523 g/mol. The summed E-state index contributed by atoms with van der Waals surface area (Å²) in [4.78, 5) is 21.1. The number of hydrogen-bond donors (Lipinski definition) is 5. The first-order valence-corrected chi connectivity index (χ1v) is 13.5. The first kappa shape index (κ1) is 34.4. The number of rotatable bonds is 25. The molecule has 0 heterocycles. The zero-order chi connectivity index (χ0) is 26.3. The van der Waals surface area contributed by atoms with Crippen molar-refractivity contribution in [1.29, 1.82) is 0 Å². The number of nitrogens with two attached hydrogens (primary N) is 3. The third-order valence-corrected chi connectivity index (χ3v) is 6.38. The summed E-state index contributed by atoms with van der Waals surface area (Å²) >= 11 is 6.55. The Morgan fingerprint density at radius 1 is 0.629 bits per heavy atom. The molecule has 210 valence electrons. The molecule has 0 radical (unpaired) electrons. The van der Waals surface area contributed by atoms with Gasteiger partial charge < -0.3 is 32.7 Å². The maximum Gasteiger partial charge on any atom is 0.222 e. The molecule has 0 rings (SSSR count). The van der Waals surface area contributed by atoms with E-state index in [0.717, 1.165) is 85.1 Å². The summed E-state index contributed by atoms with van der Waals surface area (Å²) in [6.07, 6.45) is 0.503. The second-order valence-electron chi connectivity index (χ2n) is 8.74.